The molecule has 0 spiro atoms. The molecule has 2 atom stereocenters. The minimum atomic E-state index is 0.883. The van der Waals surface area contributed by atoms with Crippen molar-refractivity contribution in [3.05, 3.63) is 0 Å². The molecule has 0 radical (unpaired) electrons. The topological polar surface area (TPSA) is 0 Å². The van der Waals surface area contributed by atoms with Crippen LogP contribution in [0.15, 0.2) is 0 Å². The third-order valence-corrected chi connectivity index (χ3v) is 3.94. The normalized spacial score (nSPS) is 15.2. The van der Waals surface area contributed by atoms with Crippen LogP contribution in [0.3, 0.4) is 0 Å². The molecule has 0 aliphatic heterocycles. The van der Waals surface area contributed by atoms with E-state index in [0.717, 1.165) is 17.8 Å². The van der Waals surface area contributed by atoms with Crippen LogP contribution in [0.2, 0.25) is 0 Å². The fourth-order valence-electron chi connectivity index (χ4n) is 2.80. The van der Waals surface area contributed by atoms with E-state index in [4.69, 9.17) is 0 Å². The Morgan fingerprint density at radius 3 is 1.82 bits per heavy atom. The first-order valence-corrected chi connectivity index (χ1v) is 8.10. The maximum Gasteiger partial charge on any atom is -0.0414 e. The molecule has 0 nitrogen and oxygen atoms in total. The summed E-state index contributed by atoms with van der Waals surface area (Å²) < 4.78 is 0. The molecule has 0 N–H and O–H groups in total. The van der Waals surface area contributed by atoms with E-state index < -0.39 is 0 Å². The summed E-state index contributed by atoms with van der Waals surface area (Å²) in [7, 11) is 0. The van der Waals surface area contributed by atoms with E-state index in [1.54, 1.807) is 0 Å². The summed E-state index contributed by atoms with van der Waals surface area (Å²) in [4.78, 5) is 0. The first-order chi connectivity index (χ1) is 8.10. The molecule has 2 unspecified atom stereocenters. The monoisotopic (exact) mass is 240 g/mol. The molecule has 0 aromatic heterocycles. The fourth-order valence-corrected chi connectivity index (χ4v) is 2.80. The molecular weight excluding hydrogens is 204 g/mol. The SMILES string of the molecule is CCCC(C)CCCC(CCC)CCC(C)C. The lowest BCUT2D eigenvalue weighted by molar-refractivity contribution is 0.347. The van der Waals surface area contributed by atoms with Crippen molar-refractivity contribution in [3.63, 3.8) is 0 Å². The largest absolute Gasteiger partial charge is 0.0654 e. The summed E-state index contributed by atoms with van der Waals surface area (Å²) >= 11 is 0. The Labute approximate surface area is 111 Å². The van der Waals surface area contributed by atoms with Gasteiger partial charge in [0.25, 0.3) is 0 Å². The maximum atomic E-state index is 2.42. The van der Waals surface area contributed by atoms with Crippen LogP contribution in [0, 0.1) is 17.8 Å². The van der Waals surface area contributed by atoms with Crippen LogP contribution in [0.25, 0.3) is 0 Å². The second kappa shape index (κ2) is 11.1. The number of rotatable bonds is 11. The van der Waals surface area contributed by atoms with Crippen molar-refractivity contribution in [3.8, 4) is 0 Å². The van der Waals surface area contributed by atoms with Gasteiger partial charge in [-0.05, 0) is 17.8 Å². The van der Waals surface area contributed by atoms with Gasteiger partial charge in [0.2, 0.25) is 0 Å². The number of hydrogen-bond acceptors (Lipinski definition) is 0. The Bertz CT molecular complexity index is 148. The van der Waals surface area contributed by atoms with E-state index in [9.17, 15) is 0 Å². The highest BCUT2D eigenvalue weighted by atomic mass is 14.2. The molecule has 0 saturated carbocycles. The predicted molar refractivity (Wildman–Crippen MR) is 80.4 cm³/mol. The van der Waals surface area contributed by atoms with Crippen molar-refractivity contribution in [1.29, 1.82) is 0 Å². The van der Waals surface area contributed by atoms with Gasteiger partial charge in [0.15, 0.2) is 0 Å². The van der Waals surface area contributed by atoms with Crippen molar-refractivity contribution in [2.24, 2.45) is 17.8 Å². The van der Waals surface area contributed by atoms with Gasteiger partial charge < -0.3 is 0 Å². The van der Waals surface area contributed by atoms with Gasteiger partial charge in [-0.2, -0.15) is 0 Å². The van der Waals surface area contributed by atoms with E-state index >= 15 is 0 Å². The molecule has 0 rings (SSSR count). The molecule has 0 aromatic rings. The summed E-state index contributed by atoms with van der Waals surface area (Å²) in [6.45, 7) is 11.8. The predicted octanol–water partition coefficient (Wildman–Crippen LogP) is 6.45. The van der Waals surface area contributed by atoms with Gasteiger partial charge in [0.05, 0.1) is 0 Å². The minimum Gasteiger partial charge on any atom is -0.0654 e. The average molecular weight is 240 g/mol. The Balaban J connectivity index is 3.68. The first-order valence-electron chi connectivity index (χ1n) is 8.10. The zero-order valence-corrected chi connectivity index (χ0v) is 13.1. The lowest BCUT2D eigenvalue weighted by Gasteiger charge is -2.18. The third-order valence-electron chi connectivity index (χ3n) is 3.94. The van der Waals surface area contributed by atoms with Gasteiger partial charge in [0, 0.05) is 0 Å². The Morgan fingerprint density at radius 1 is 0.647 bits per heavy atom. The summed E-state index contributed by atoms with van der Waals surface area (Å²) in [6.07, 6.45) is 12.9. The second-order valence-electron chi connectivity index (χ2n) is 6.45. The van der Waals surface area contributed by atoms with Crippen molar-refractivity contribution in [2.75, 3.05) is 0 Å². The molecule has 0 aliphatic carbocycles. The Hall–Kier alpha value is 0. The van der Waals surface area contributed by atoms with Gasteiger partial charge in [-0.25, -0.2) is 0 Å². The summed E-state index contributed by atoms with van der Waals surface area (Å²) in [5.74, 6) is 2.84. The molecule has 0 aromatic carbocycles. The van der Waals surface area contributed by atoms with Crippen LogP contribution in [0.4, 0.5) is 0 Å². The van der Waals surface area contributed by atoms with E-state index in [1.807, 2.05) is 0 Å². The van der Waals surface area contributed by atoms with E-state index in [-0.39, 0.29) is 0 Å². The Morgan fingerprint density at radius 2 is 1.29 bits per heavy atom. The standard InChI is InChI=1S/C17H36/c1-6-9-16(5)11-8-12-17(10-7-2)14-13-15(3)4/h15-17H,6-14H2,1-5H3. The zero-order valence-electron chi connectivity index (χ0n) is 13.1. The van der Waals surface area contributed by atoms with E-state index in [0.29, 0.717) is 0 Å². The highest BCUT2D eigenvalue weighted by Gasteiger charge is 2.09. The van der Waals surface area contributed by atoms with Crippen molar-refractivity contribution < 1.29 is 0 Å². The van der Waals surface area contributed by atoms with E-state index in [1.165, 1.54) is 57.8 Å². The highest BCUT2D eigenvalue weighted by molar-refractivity contribution is 4.62. The smallest absolute Gasteiger partial charge is 0.0414 e. The molecule has 0 bridgehead atoms. The molecule has 17 heavy (non-hydrogen) atoms. The van der Waals surface area contributed by atoms with Crippen LogP contribution in [0.5, 0.6) is 0 Å². The molecule has 0 heteroatoms. The lowest BCUT2D eigenvalue weighted by Crippen LogP contribution is -2.04. The molecule has 0 heterocycles. The summed E-state index contributed by atoms with van der Waals surface area (Å²) in [6, 6.07) is 0. The quantitative estimate of drug-likeness (QED) is 0.389. The molecular formula is C17H36. The Kier molecular flexibility index (Phi) is 11.1. The number of hydrogen-bond donors (Lipinski definition) is 0. The van der Waals surface area contributed by atoms with Crippen LogP contribution in [0.1, 0.15) is 92.4 Å². The fraction of sp³-hybridized carbons (Fsp3) is 1.00. The zero-order chi connectivity index (χ0) is 13.1. The molecule has 0 saturated heterocycles. The van der Waals surface area contributed by atoms with Crippen LogP contribution in [-0.4, -0.2) is 0 Å². The maximum absolute atomic E-state index is 2.42. The van der Waals surface area contributed by atoms with Crippen molar-refractivity contribution in [1.82, 2.24) is 0 Å². The second-order valence-corrected chi connectivity index (χ2v) is 6.45. The first kappa shape index (κ1) is 17.0. The minimum absolute atomic E-state index is 0.883. The van der Waals surface area contributed by atoms with Crippen LogP contribution < -0.4 is 0 Å². The van der Waals surface area contributed by atoms with E-state index in [2.05, 4.69) is 34.6 Å². The summed E-state index contributed by atoms with van der Waals surface area (Å²) in [5, 5.41) is 0. The van der Waals surface area contributed by atoms with Crippen molar-refractivity contribution in [2.45, 2.75) is 92.4 Å². The molecule has 0 fully saturated rings. The van der Waals surface area contributed by atoms with Gasteiger partial charge in [0.1, 0.15) is 0 Å². The van der Waals surface area contributed by atoms with Crippen LogP contribution >= 0.6 is 0 Å². The van der Waals surface area contributed by atoms with Crippen molar-refractivity contribution >= 4 is 0 Å². The molecule has 0 aliphatic rings. The summed E-state index contributed by atoms with van der Waals surface area (Å²) in [5.41, 5.74) is 0. The van der Waals surface area contributed by atoms with Gasteiger partial charge >= 0.3 is 0 Å². The van der Waals surface area contributed by atoms with Crippen LogP contribution in [-0.2, 0) is 0 Å². The average Bonchev–Trinajstić information content (AvgIpc) is 2.26. The van der Waals surface area contributed by atoms with Gasteiger partial charge in [-0.1, -0.05) is 92.4 Å². The van der Waals surface area contributed by atoms with Gasteiger partial charge in [-0.15, -0.1) is 0 Å². The van der Waals surface area contributed by atoms with Gasteiger partial charge in [-0.3, -0.25) is 0 Å². The highest BCUT2D eigenvalue weighted by Crippen LogP contribution is 2.24. The molecule has 0 amide bonds. The third kappa shape index (κ3) is 10.9. The molecule has 104 valence electrons. The lowest BCUT2D eigenvalue weighted by atomic mass is 9.88.